The number of carboxylic acids is 1. The van der Waals surface area contributed by atoms with Crippen LogP contribution in [0.25, 0.3) is 0 Å². The zero-order valence-corrected chi connectivity index (χ0v) is 19.3. The van der Waals surface area contributed by atoms with Crippen molar-refractivity contribution >= 4 is 12.1 Å². The summed E-state index contributed by atoms with van der Waals surface area (Å²) >= 11 is 0. The summed E-state index contributed by atoms with van der Waals surface area (Å²) in [5.41, 5.74) is 1.61. The summed E-state index contributed by atoms with van der Waals surface area (Å²) in [6.07, 6.45) is 0.273. The number of carbonyl (C=O) groups excluding carboxylic acids is 1. The largest absolute Gasteiger partial charge is 0.480 e. The fourth-order valence-electron chi connectivity index (χ4n) is 3.73. The summed E-state index contributed by atoms with van der Waals surface area (Å²) in [5, 5.41) is 12.0. The molecular formula is C25H33N3O5. The van der Waals surface area contributed by atoms with Gasteiger partial charge in [-0.1, -0.05) is 49.4 Å². The Morgan fingerprint density at radius 2 is 1.67 bits per heavy atom. The van der Waals surface area contributed by atoms with Crippen molar-refractivity contribution in [2.75, 3.05) is 33.2 Å². The molecule has 1 amide bonds. The summed E-state index contributed by atoms with van der Waals surface area (Å²) in [6.45, 7) is 6.18. The second kappa shape index (κ2) is 12.2. The van der Waals surface area contributed by atoms with Crippen LogP contribution in [0.1, 0.15) is 24.5 Å². The smallest absolute Gasteiger partial charge is 0.408 e. The van der Waals surface area contributed by atoms with Crippen LogP contribution in [-0.4, -0.2) is 72.5 Å². The minimum Gasteiger partial charge on any atom is -0.480 e. The van der Waals surface area contributed by atoms with Crippen molar-refractivity contribution in [1.29, 1.82) is 0 Å². The van der Waals surface area contributed by atoms with E-state index in [0.29, 0.717) is 0 Å². The molecule has 1 saturated heterocycles. The first-order valence-electron chi connectivity index (χ1n) is 11.3. The molecular weight excluding hydrogens is 422 g/mol. The van der Waals surface area contributed by atoms with Gasteiger partial charge in [-0.2, -0.15) is 0 Å². The van der Waals surface area contributed by atoms with Crippen molar-refractivity contribution in [3.8, 4) is 5.75 Å². The molecule has 8 nitrogen and oxygen atoms in total. The number of nitrogens with zero attached hydrogens (tertiary/aromatic N) is 2. The van der Waals surface area contributed by atoms with Gasteiger partial charge in [0.15, 0.2) is 6.23 Å². The monoisotopic (exact) mass is 455 g/mol. The van der Waals surface area contributed by atoms with Crippen molar-refractivity contribution in [1.82, 2.24) is 15.1 Å². The van der Waals surface area contributed by atoms with Gasteiger partial charge in [0.1, 0.15) is 18.4 Å². The molecule has 178 valence electrons. The van der Waals surface area contributed by atoms with Crippen molar-refractivity contribution < 1.29 is 24.2 Å². The maximum atomic E-state index is 12.1. The van der Waals surface area contributed by atoms with Crippen LogP contribution in [0.4, 0.5) is 4.79 Å². The Kier molecular flexibility index (Phi) is 9.09. The Labute approximate surface area is 195 Å². The summed E-state index contributed by atoms with van der Waals surface area (Å²) in [5.74, 6) is -0.375. The third-order valence-corrected chi connectivity index (χ3v) is 5.73. The molecule has 3 rings (SSSR count). The quantitative estimate of drug-likeness (QED) is 0.569. The average molecular weight is 456 g/mol. The molecule has 1 aliphatic rings. The molecule has 2 aromatic rings. The van der Waals surface area contributed by atoms with Crippen LogP contribution in [0.5, 0.6) is 5.75 Å². The molecule has 1 aliphatic heterocycles. The average Bonchev–Trinajstić information content (AvgIpc) is 2.83. The van der Waals surface area contributed by atoms with E-state index in [4.69, 9.17) is 9.47 Å². The molecule has 0 spiro atoms. The number of carboxylic acid groups (broad SMARTS) is 1. The maximum Gasteiger partial charge on any atom is 0.408 e. The molecule has 0 saturated carbocycles. The highest BCUT2D eigenvalue weighted by Crippen LogP contribution is 2.19. The fraction of sp³-hybridized carbons (Fsp3) is 0.440. The molecule has 33 heavy (non-hydrogen) atoms. The molecule has 0 radical (unpaired) electrons. The van der Waals surface area contributed by atoms with Crippen molar-refractivity contribution in [2.24, 2.45) is 0 Å². The van der Waals surface area contributed by atoms with Gasteiger partial charge in [0.25, 0.3) is 0 Å². The van der Waals surface area contributed by atoms with E-state index in [1.165, 1.54) is 0 Å². The van der Waals surface area contributed by atoms with Crippen molar-refractivity contribution in [3.05, 3.63) is 65.7 Å². The van der Waals surface area contributed by atoms with Gasteiger partial charge in [0.2, 0.25) is 0 Å². The highest BCUT2D eigenvalue weighted by molar-refractivity contribution is 5.80. The lowest BCUT2D eigenvalue weighted by Crippen LogP contribution is -2.50. The van der Waals surface area contributed by atoms with E-state index in [0.717, 1.165) is 49.5 Å². The topological polar surface area (TPSA) is 91.3 Å². The van der Waals surface area contributed by atoms with Gasteiger partial charge >= 0.3 is 12.1 Å². The summed E-state index contributed by atoms with van der Waals surface area (Å²) in [4.78, 5) is 28.4. The Bertz CT molecular complexity index is 883. The SMILES string of the molecule is CCC(Oc1ccc(CC(NC(=O)OCc2ccccc2)C(=O)O)cc1)N1CCN(C)CC1. The highest BCUT2D eigenvalue weighted by Gasteiger charge is 2.23. The minimum absolute atomic E-state index is 0.0115. The van der Waals surface area contributed by atoms with Crippen LogP contribution in [0.15, 0.2) is 54.6 Å². The Morgan fingerprint density at radius 3 is 2.27 bits per heavy atom. The molecule has 2 aromatic carbocycles. The van der Waals surface area contributed by atoms with E-state index in [9.17, 15) is 14.7 Å². The number of hydrogen-bond donors (Lipinski definition) is 2. The second-order valence-electron chi connectivity index (χ2n) is 8.26. The standard InChI is InChI=1S/C25H33N3O5/c1-3-23(28-15-13-27(2)14-16-28)33-21-11-9-19(10-12-21)17-22(24(29)30)26-25(31)32-18-20-7-5-4-6-8-20/h4-12,22-23H,3,13-18H2,1-2H3,(H,26,31)(H,29,30). The van der Waals surface area contributed by atoms with Gasteiger partial charge in [-0.15, -0.1) is 0 Å². The molecule has 8 heteroatoms. The first-order valence-corrected chi connectivity index (χ1v) is 11.3. The lowest BCUT2D eigenvalue weighted by Gasteiger charge is -2.37. The predicted molar refractivity (Wildman–Crippen MR) is 125 cm³/mol. The number of amides is 1. The molecule has 0 aromatic heterocycles. The zero-order valence-electron chi connectivity index (χ0n) is 19.3. The maximum absolute atomic E-state index is 12.1. The van der Waals surface area contributed by atoms with Gasteiger partial charge in [0.05, 0.1) is 0 Å². The lowest BCUT2D eigenvalue weighted by atomic mass is 10.1. The number of benzene rings is 2. The van der Waals surface area contributed by atoms with E-state index < -0.39 is 18.1 Å². The zero-order chi connectivity index (χ0) is 23.6. The summed E-state index contributed by atoms with van der Waals surface area (Å²) in [7, 11) is 2.13. The van der Waals surface area contributed by atoms with Crippen molar-refractivity contribution in [2.45, 2.75) is 38.6 Å². The van der Waals surface area contributed by atoms with E-state index in [-0.39, 0.29) is 19.3 Å². The number of alkyl carbamates (subject to hydrolysis) is 1. The van der Waals surface area contributed by atoms with Crippen LogP contribution in [-0.2, 0) is 22.6 Å². The second-order valence-corrected chi connectivity index (χ2v) is 8.26. The Balaban J connectivity index is 1.51. The van der Waals surface area contributed by atoms with E-state index >= 15 is 0 Å². The minimum atomic E-state index is -1.12. The van der Waals surface area contributed by atoms with Crippen LogP contribution in [0.2, 0.25) is 0 Å². The fourth-order valence-corrected chi connectivity index (χ4v) is 3.73. The molecule has 0 aliphatic carbocycles. The number of ether oxygens (including phenoxy) is 2. The molecule has 2 N–H and O–H groups in total. The van der Waals surface area contributed by atoms with Crippen LogP contribution in [0, 0.1) is 0 Å². The third-order valence-electron chi connectivity index (χ3n) is 5.73. The molecule has 2 unspecified atom stereocenters. The van der Waals surface area contributed by atoms with E-state index in [1.807, 2.05) is 54.6 Å². The molecule has 1 fully saturated rings. The molecule has 0 bridgehead atoms. The van der Waals surface area contributed by atoms with Crippen LogP contribution in [0.3, 0.4) is 0 Å². The molecule has 1 heterocycles. The number of carbonyl (C=O) groups is 2. The van der Waals surface area contributed by atoms with E-state index in [2.05, 4.69) is 29.1 Å². The van der Waals surface area contributed by atoms with Gasteiger partial charge < -0.3 is 24.8 Å². The number of aliphatic carboxylic acids is 1. The first-order chi connectivity index (χ1) is 15.9. The van der Waals surface area contributed by atoms with Gasteiger partial charge in [-0.3, -0.25) is 4.90 Å². The van der Waals surface area contributed by atoms with Crippen LogP contribution < -0.4 is 10.1 Å². The van der Waals surface area contributed by atoms with Crippen molar-refractivity contribution in [3.63, 3.8) is 0 Å². The number of hydrogen-bond acceptors (Lipinski definition) is 6. The third kappa shape index (κ3) is 7.76. The highest BCUT2D eigenvalue weighted by atomic mass is 16.5. The Hall–Kier alpha value is -3.10. The predicted octanol–water partition coefficient (Wildman–Crippen LogP) is 2.97. The normalized spacial score (nSPS) is 16.5. The van der Waals surface area contributed by atoms with Gasteiger partial charge in [0, 0.05) is 32.6 Å². The summed E-state index contributed by atoms with van der Waals surface area (Å²) in [6, 6.07) is 15.5. The number of rotatable bonds is 10. The number of nitrogens with one attached hydrogen (secondary N) is 1. The number of piperazine rings is 1. The summed E-state index contributed by atoms with van der Waals surface area (Å²) < 4.78 is 11.3. The van der Waals surface area contributed by atoms with Crippen LogP contribution >= 0.6 is 0 Å². The Morgan fingerprint density at radius 1 is 1.00 bits per heavy atom. The van der Waals surface area contributed by atoms with Gasteiger partial charge in [-0.05, 0) is 36.7 Å². The van der Waals surface area contributed by atoms with Gasteiger partial charge in [-0.25, -0.2) is 9.59 Å². The lowest BCUT2D eigenvalue weighted by molar-refractivity contribution is -0.139. The first kappa shape index (κ1) is 24.5. The number of likely N-dealkylation sites (N-methyl/N-ethyl adjacent to an activating group) is 1. The molecule has 2 atom stereocenters. The van der Waals surface area contributed by atoms with E-state index in [1.54, 1.807) is 0 Å².